The van der Waals surface area contributed by atoms with Crippen LogP contribution in [-0.2, 0) is 0 Å². The number of ether oxygens (including phenoxy) is 3. The van der Waals surface area contributed by atoms with Gasteiger partial charge in [-0.3, -0.25) is 5.10 Å². The van der Waals surface area contributed by atoms with Crippen molar-refractivity contribution in [3.63, 3.8) is 0 Å². The van der Waals surface area contributed by atoms with Gasteiger partial charge in [0.05, 0.1) is 43.2 Å². The van der Waals surface area contributed by atoms with Crippen molar-refractivity contribution in [2.24, 2.45) is 0 Å². The molecule has 2 heterocycles. The molecule has 0 amide bonds. The number of fused-ring (bicyclic) bond motifs is 1. The zero-order valence-corrected chi connectivity index (χ0v) is 17.3. The van der Waals surface area contributed by atoms with Crippen LogP contribution >= 0.6 is 0 Å². The molecule has 0 unspecified atom stereocenters. The molecule has 0 aliphatic heterocycles. The smallest absolute Gasteiger partial charge is 0.336 e. The first kappa shape index (κ1) is 20.2. The van der Waals surface area contributed by atoms with Gasteiger partial charge in [0.1, 0.15) is 5.75 Å². The normalized spacial score (nSPS) is 10.8. The molecule has 2 N–H and O–H groups in total. The van der Waals surface area contributed by atoms with Crippen LogP contribution in [0.4, 0.5) is 0 Å². The lowest BCUT2D eigenvalue weighted by atomic mass is 10.0. The first-order valence-electron chi connectivity index (χ1n) is 9.63. The maximum Gasteiger partial charge on any atom is 0.336 e. The molecule has 0 aliphatic rings. The van der Waals surface area contributed by atoms with Gasteiger partial charge in [-0.15, -0.1) is 0 Å². The molecule has 0 spiro atoms. The second-order valence-electron chi connectivity index (χ2n) is 6.69. The van der Waals surface area contributed by atoms with E-state index in [9.17, 15) is 9.90 Å². The van der Waals surface area contributed by atoms with Gasteiger partial charge in [0.15, 0.2) is 17.1 Å². The van der Waals surface area contributed by atoms with E-state index in [-0.39, 0.29) is 5.56 Å². The number of benzene rings is 2. The van der Waals surface area contributed by atoms with Gasteiger partial charge in [-0.25, -0.2) is 9.78 Å². The van der Waals surface area contributed by atoms with E-state index >= 15 is 0 Å². The minimum absolute atomic E-state index is 0.0967. The lowest BCUT2D eigenvalue weighted by Gasteiger charge is -2.11. The van der Waals surface area contributed by atoms with Gasteiger partial charge in [0, 0.05) is 11.1 Å². The highest BCUT2D eigenvalue weighted by molar-refractivity contribution is 6.08. The standard InChI is InChI=1S/C23H21N3O5/c1-4-31-18-9-8-13(11-19(18)30-3)17-12-16(23(27)28)20-21(25-26-22(20)24-17)14-6-5-7-15(10-14)29-2/h5-12H,4H2,1-3H3,(H,27,28)(H,24,25,26). The summed E-state index contributed by atoms with van der Waals surface area (Å²) in [7, 11) is 3.13. The third kappa shape index (κ3) is 3.75. The molecule has 0 atom stereocenters. The van der Waals surface area contributed by atoms with Crippen molar-refractivity contribution in [3.05, 3.63) is 54.1 Å². The molecule has 31 heavy (non-hydrogen) atoms. The van der Waals surface area contributed by atoms with Gasteiger partial charge < -0.3 is 19.3 Å². The maximum atomic E-state index is 12.1. The average Bonchev–Trinajstić information content (AvgIpc) is 3.23. The number of hydrogen-bond donors (Lipinski definition) is 2. The fraction of sp³-hybridized carbons (Fsp3) is 0.174. The number of aromatic carboxylic acids is 1. The number of rotatable bonds is 7. The molecule has 158 valence electrons. The van der Waals surface area contributed by atoms with Gasteiger partial charge in [-0.2, -0.15) is 5.10 Å². The summed E-state index contributed by atoms with van der Waals surface area (Å²) in [6, 6.07) is 14.2. The Morgan fingerprint density at radius 3 is 2.58 bits per heavy atom. The predicted octanol–water partition coefficient (Wildman–Crippen LogP) is 4.41. The number of nitrogens with one attached hydrogen (secondary N) is 1. The molecule has 0 fully saturated rings. The Bertz CT molecular complexity index is 1270. The molecule has 0 aliphatic carbocycles. The minimum Gasteiger partial charge on any atom is -0.497 e. The second-order valence-corrected chi connectivity index (χ2v) is 6.69. The Morgan fingerprint density at radius 1 is 1.03 bits per heavy atom. The quantitative estimate of drug-likeness (QED) is 0.457. The van der Waals surface area contributed by atoms with Crippen LogP contribution in [0, 0.1) is 0 Å². The van der Waals surface area contributed by atoms with Crippen LogP contribution < -0.4 is 14.2 Å². The first-order valence-corrected chi connectivity index (χ1v) is 9.63. The van der Waals surface area contributed by atoms with Crippen LogP contribution in [0.25, 0.3) is 33.5 Å². The minimum atomic E-state index is -1.07. The summed E-state index contributed by atoms with van der Waals surface area (Å²) >= 11 is 0. The Kier molecular flexibility index (Phi) is 5.44. The molecule has 4 rings (SSSR count). The van der Waals surface area contributed by atoms with Gasteiger partial charge in [0.25, 0.3) is 0 Å². The van der Waals surface area contributed by atoms with E-state index < -0.39 is 5.97 Å². The average molecular weight is 419 g/mol. The van der Waals surface area contributed by atoms with E-state index in [0.717, 1.165) is 5.56 Å². The highest BCUT2D eigenvalue weighted by Crippen LogP contribution is 2.35. The molecule has 2 aromatic heterocycles. The molecule has 0 bridgehead atoms. The summed E-state index contributed by atoms with van der Waals surface area (Å²) in [4.78, 5) is 16.7. The van der Waals surface area contributed by atoms with Crippen LogP contribution in [0.5, 0.6) is 17.2 Å². The SMILES string of the molecule is CCOc1ccc(-c2cc(C(=O)O)c3c(-c4cccc(OC)c4)[nH]nc3n2)cc1OC. The third-order valence-corrected chi connectivity index (χ3v) is 4.87. The van der Waals surface area contributed by atoms with E-state index in [1.54, 1.807) is 32.4 Å². The van der Waals surface area contributed by atoms with Crippen molar-refractivity contribution in [1.29, 1.82) is 0 Å². The summed E-state index contributed by atoms with van der Waals surface area (Å²) in [6.07, 6.45) is 0. The van der Waals surface area contributed by atoms with E-state index in [0.29, 0.717) is 51.8 Å². The number of carbonyl (C=O) groups is 1. The van der Waals surface area contributed by atoms with Gasteiger partial charge >= 0.3 is 5.97 Å². The summed E-state index contributed by atoms with van der Waals surface area (Å²) in [5, 5.41) is 17.6. The van der Waals surface area contributed by atoms with Crippen LogP contribution in [0.1, 0.15) is 17.3 Å². The Morgan fingerprint density at radius 2 is 1.87 bits per heavy atom. The van der Waals surface area contributed by atoms with Crippen molar-refractivity contribution in [2.45, 2.75) is 6.92 Å². The molecule has 4 aromatic rings. The monoisotopic (exact) mass is 419 g/mol. The maximum absolute atomic E-state index is 12.1. The number of methoxy groups -OCH3 is 2. The number of carboxylic acids is 1. The van der Waals surface area contributed by atoms with Gasteiger partial charge in [-0.05, 0) is 43.3 Å². The largest absolute Gasteiger partial charge is 0.497 e. The van der Waals surface area contributed by atoms with E-state index in [4.69, 9.17) is 14.2 Å². The van der Waals surface area contributed by atoms with E-state index in [1.165, 1.54) is 0 Å². The molecular weight excluding hydrogens is 398 g/mol. The summed E-state index contributed by atoms with van der Waals surface area (Å²) < 4.78 is 16.2. The fourth-order valence-electron chi connectivity index (χ4n) is 3.43. The molecular formula is C23H21N3O5. The molecule has 8 heteroatoms. The summed E-state index contributed by atoms with van der Waals surface area (Å²) in [6.45, 7) is 2.39. The fourth-order valence-corrected chi connectivity index (χ4v) is 3.43. The van der Waals surface area contributed by atoms with Crippen molar-refractivity contribution >= 4 is 17.0 Å². The van der Waals surface area contributed by atoms with Crippen LogP contribution in [-0.4, -0.2) is 47.1 Å². The number of aromatic amines is 1. The lowest BCUT2D eigenvalue weighted by molar-refractivity contribution is 0.0699. The second kappa shape index (κ2) is 8.35. The number of hydrogen-bond acceptors (Lipinski definition) is 6. The topological polar surface area (TPSA) is 107 Å². The lowest BCUT2D eigenvalue weighted by Crippen LogP contribution is -2.01. The molecule has 8 nitrogen and oxygen atoms in total. The number of nitrogens with zero attached hydrogens (tertiary/aromatic N) is 2. The highest BCUT2D eigenvalue weighted by Gasteiger charge is 2.20. The number of aromatic nitrogens is 3. The summed E-state index contributed by atoms with van der Waals surface area (Å²) in [5.74, 6) is 0.728. The predicted molar refractivity (Wildman–Crippen MR) is 116 cm³/mol. The van der Waals surface area contributed by atoms with E-state index in [1.807, 2.05) is 37.3 Å². The molecule has 0 saturated heterocycles. The van der Waals surface area contributed by atoms with Crippen LogP contribution in [0.15, 0.2) is 48.5 Å². The summed E-state index contributed by atoms with van der Waals surface area (Å²) in [5.41, 5.74) is 2.88. The van der Waals surface area contributed by atoms with Crippen molar-refractivity contribution in [1.82, 2.24) is 15.2 Å². The zero-order valence-electron chi connectivity index (χ0n) is 17.3. The zero-order chi connectivity index (χ0) is 22.0. The van der Waals surface area contributed by atoms with Crippen LogP contribution in [0.3, 0.4) is 0 Å². The highest BCUT2D eigenvalue weighted by atomic mass is 16.5. The number of H-pyrrole nitrogens is 1. The molecule has 0 radical (unpaired) electrons. The molecule has 2 aromatic carbocycles. The Hall–Kier alpha value is -4.07. The van der Waals surface area contributed by atoms with E-state index in [2.05, 4.69) is 15.2 Å². The Balaban J connectivity index is 1.88. The molecule has 0 saturated carbocycles. The van der Waals surface area contributed by atoms with Crippen molar-refractivity contribution in [3.8, 4) is 39.8 Å². The number of pyridine rings is 1. The number of carboxylic acid groups (broad SMARTS) is 1. The van der Waals surface area contributed by atoms with Crippen LogP contribution in [0.2, 0.25) is 0 Å². The first-order chi connectivity index (χ1) is 15.0. The van der Waals surface area contributed by atoms with Gasteiger partial charge in [0.2, 0.25) is 0 Å². The van der Waals surface area contributed by atoms with Gasteiger partial charge in [-0.1, -0.05) is 12.1 Å². The van der Waals surface area contributed by atoms with Crippen molar-refractivity contribution in [2.75, 3.05) is 20.8 Å². The van der Waals surface area contributed by atoms with Crippen molar-refractivity contribution < 1.29 is 24.1 Å². The third-order valence-electron chi connectivity index (χ3n) is 4.87. The Labute approximate surface area is 178 Å².